The second-order valence-electron chi connectivity index (χ2n) is 7.65. The Labute approximate surface area is 193 Å². The molecule has 1 aliphatic heterocycles. The van der Waals surface area contributed by atoms with Crippen LogP contribution in [0.25, 0.3) is 0 Å². The number of H-pyrrole nitrogens is 1. The Morgan fingerprint density at radius 2 is 1.76 bits per heavy atom. The van der Waals surface area contributed by atoms with E-state index in [1.165, 1.54) is 31.6 Å². The minimum absolute atomic E-state index is 0.0159. The van der Waals surface area contributed by atoms with Crippen LogP contribution >= 0.6 is 0 Å². The number of benzene rings is 1. The molecular weight excluding hydrogens is 444 g/mol. The number of hydrogen-bond donors (Lipinski definition) is 1. The Kier molecular flexibility index (Phi) is 5.89. The van der Waals surface area contributed by atoms with Crippen LogP contribution < -0.4 is 0 Å². The molecular formula is C24H20N2O8. The van der Waals surface area contributed by atoms with Gasteiger partial charge in [0.1, 0.15) is 5.76 Å². The average Bonchev–Trinajstić information content (AvgIpc) is 3.51. The Balaban J connectivity index is 1.46. The largest absolute Gasteiger partial charge is 0.467 e. The zero-order valence-electron chi connectivity index (χ0n) is 18.6. The molecule has 2 aromatic heterocycles. The highest BCUT2D eigenvalue weighted by atomic mass is 16.5. The first-order chi connectivity index (χ1) is 16.2. The summed E-state index contributed by atoms with van der Waals surface area (Å²) < 4.78 is 15.0. The Morgan fingerprint density at radius 3 is 2.44 bits per heavy atom. The maximum atomic E-state index is 12.7. The molecule has 4 rings (SSSR count). The quantitative estimate of drug-likeness (QED) is 0.320. The molecule has 0 unspecified atom stereocenters. The van der Waals surface area contributed by atoms with E-state index in [4.69, 9.17) is 13.9 Å². The highest BCUT2D eigenvalue weighted by Gasteiger charge is 2.36. The molecule has 10 nitrogen and oxygen atoms in total. The van der Waals surface area contributed by atoms with Gasteiger partial charge in [0.25, 0.3) is 11.8 Å². The molecule has 174 valence electrons. The maximum Gasteiger partial charge on any atom is 0.339 e. The minimum atomic E-state index is -0.838. The van der Waals surface area contributed by atoms with Gasteiger partial charge < -0.3 is 18.9 Å². The van der Waals surface area contributed by atoms with Gasteiger partial charge >= 0.3 is 11.9 Å². The van der Waals surface area contributed by atoms with Crippen molar-refractivity contribution in [3.05, 3.63) is 81.6 Å². The fraction of sp³-hybridized carbons (Fsp3) is 0.208. The van der Waals surface area contributed by atoms with E-state index in [1.54, 1.807) is 26.0 Å². The minimum Gasteiger partial charge on any atom is -0.467 e. The first kappa shape index (κ1) is 22.7. The van der Waals surface area contributed by atoms with E-state index in [0.717, 1.165) is 4.90 Å². The van der Waals surface area contributed by atoms with Crippen LogP contribution in [-0.4, -0.2) is 53.1 Å². The Morgan fingerprint density at radius 1 is 1.03 bits per heavy atom. The second kappa shape index (κ2) is 8.81. The lowest BCUT2D eigenvalue weighted by Crippen LogP contribution is -2.28. The van der Waals surface area contributed by atoms with Gasteiger partial charge in [0.2, 0.25) is 5.78 Å². The predicted molar refractivity (Wildman–Crippen MR) is 116 cm³/mol. The van der Waals surface area contributed by atoms with Crippen molar-refractivity contribution < 1.29 is 37.9 Å². The third-order valence-electron chi connectivity index (χ3n) is 5.54. The molecule has 1 aromatic carbocycles. The van der Waals surface area contributed by atoms with Crippen molar-refractivity contribution in [2.45, 2.75) is 20.4 Å². The number of rotatable bonds is 7. The van der Waals surface area contributed by atoms with Crippen LogP contribution in [0, 0.1) is 13.8 Å². The number of furan rings is 1. The molecule has 0 bridgehead atoms. The van der Waals surface area contributed by atoms with Gasteiger partial charge in [-0.15, -0.1) is 0 Å². The van der Waals surface area contributed by atoms with Crippen molar-refractivity contribution in [1.82, 2.24) is 9.88 Å². The van der Waals surface area contributed by atoms with Crippen LogP contribution in [0.2, 0.25) is 0 Å². The average molecular weight is 464 g/mol. The molecule has 0 saturated heterocycles. The number of aryl methyl sites for hydroxylation is 1. The molecule has 2 amide bonds. The number of fused-ring (bicyclic) bond motifs is 1. The van der Waals surface area contributed by atoms with E-state index in [1.807, 2.05) is 0 Å². The Bertz CT molecular complexity index is 1330. The summed E-state index contributed by atoms with van der Waals surface area (Å²) in [7, 11) is 1.24. The number of aromatic nitrogens is 1. The van der Waals surface area contributed by atoms with Crippen molar-refractivity contribution in [2.24, 2.45) is 0 Å². The summed E-state index contributed by atoms with van der Waals surface area (Å²) in [6.45, 7) is 2.59. The standard InChI is InChI=1S/C24H20N2O8/c1-12-19(24(31)32-3)13(2)25-20(12)18(27)11-34-23(30)14-6-7-16-17(9-14)22(29)26(21(16)28)10-15-5-4-8-33-15/h4-9,25H,10-11H2,1-3H3. The molecule has 3 heterocycles. The number of carbonyl (C=O) groups is 5. The lowest BCUT2D eigenvalue weighted by Gasteiger charge is -2.11. The summed E-state index contributed by atoms with van der Waals surface area (Å²) in [5.41, 5.74) is 1.48. The molecule has 10 heteroatoms. The summed E-state index contributed by atoms with van der Waals surface area (Å²) in [4.78, 5) is 66.2. The zero-order chi connectivity index (χ0) is 24.6. The van der Waals surface area contributed by atoms with E-state index in [2.05, 4.69) is 4.98 Å². The van der Waals surface area contributed by atoms with Crippen molar-refractivity contribution >= 4 is 29.5 Å². The molecule has 3 aromatic rings. The highest BCUT2D eigenvalue weighted by Crippen LogP contribution is 2.26. The van der Waals surface area contributed by atoms with Gasteiger partial charge in [-0.05, 0) is 49.7 Å². The number of ether oxygens (including phenoxy) is 2. The molecule has 0 saturated carbocycles. The maximum absolute atomic E-state index is 12.7. The third-order valence-corrected chi connectivity index (χ3v) is 5.54. The number of ketones is 1. The van der Waals surface area contributed by atoms with Gasteiger partial charge in [-0.3, -0.25) is 19.3 Å². The molecule has 0 spiro atoms. The zero-order valence-corrected chi connectivity index (χ0v) is 18.6. The number of hydrogen-bond acceptors (Lipinski definition) is 8. The van der Waals surface area contributed by atoms with Gasteiger partial charge in [-0.2, -0.15) is 0 Å². The molecule has 0 aliphatic carbocycles. The number of nitrogens with one attached hydrogen (secondary N) is 1. The van der Waals surface area contributed by atoms with Crippen LogP contribution in [0.15, 0.2) is 41.0 Å². The fourth-order valence-electron chi connectivity index (χ4n) is 3.84. The van der Waals surface area contributed by atoms with Crippen LogP contribution in [0.4, 0.5) is 0 Å². The molecule has 34 heavy (non-hydrogen) atoms. The molecule has 0 atom stereocenters. The van der Waals surface area contributed by atoms with Crippen LogP contribution in [-0.2, 0) is 16.0 Å². The number of methoxy groups -OCH3 is 1. The number of Topliss-reactive ketones (excluding diaryl/α,β-unsaturated/α-hetero) is 1. The summed E-state index contributed by atoms with van der Waals surface area (Å²) in [5, 5.41) is 0. The van der Waals surface area contributed by atoms with Gasteiger partial charge in [0.05, 0.1) is 47.9 Å². The number of amides is 2. The molecule has 1 aliphatic rings. The fourth-order valence-corrected chi connectivity index (χ4v) is 3.84. The summed E-state index contributed by atoms with van der Waals surface area (Å²) in [6, 6.07) is 7.29. The van der Waals surface area contributed by atoms with Gasteiger partial charge in [0, 0.05) is 5.69 Å². The SMILES string of the molecule is COC(=O)c1c(C)[nH]c(C(=O)COC(=O)c2ccc3c(c2)C(=O)N(Cc2ccco2)C3=O)c1C. The number of esters is 2. The van der Waals surface area contributed by atoms with Gasteiger partial charge in [-0.1, -0.05) is 0 Å². The van der Waals surface area contributed by atoms with Gasteiger partial charge in [0.15, 0.2) is 6.61 Å². The molecule has 0 radical (unpaired) electrons. The Hall–Kier alpha value is -4.47. The van der Waals surface area contributed by atoms with Gasteiger partial charge in [-0.25, -0.2) is 9.59 Å². The van der Waals surface area contributed by atoms with Crippen molar-refractivity contribution in [3.63, 3.8) is 0 Å². The van der Waals surface area contributed by atoms with E-state index in [0.29, 0.717) is 17.0 Å². The predicted octanol–water partition coefficient (Wildman–Crippen LogP) is 2.85. The van der Waals surface area contributed by atoms with E-state index in [-0.39, 0.29) is 34.5 Å². The van der Waals surface area contributed by atoms with Crippen molar-refractivity contribution in [2.75, 3.05) is 13.7 Å². The lowest BCUT2D eigenvalue weighted by atomic mass is 10.1. The summed E-state index contributed by atoms with van der Waals surface area (Å²) in [6.07, 6.45) is 1.44. The number of imide groups is 1. The first-order valence-corrected chi connectivity index (χ1v) is 10.2. The van der Waals surface area contributed by atoms with E-state index in [9.17, 15) is 24.0 Å². The number of aromatic amines is 1. The summed E-state index contributed by atoms with van der Waals surface area (Å²) in [5.74, 6) is -2.57. The smallest absolute Gasteiger partial charge is 0.339 e. The lowest BCUT2D eigenvalue weighted by molar-refractivity contribution is 0.0473. The van der Waals surface area contributed by atoms with Crippen LogP contribution in [0.1, 0.15) is 68.9 Å². The van der Waals surface area contributed by atoms with Crippen LogP contribution in [0.5, 0.6) is 0 Å². The first-order valence-electron chi connectivity index (χ1n) is 10.2. The van der Waals surface area contributed by atoms with Crippen molar-refractivity contribution in [1.29, 1.82) is 0 Å². The second-order valence-corrected chi connectivity index (χ2v) is 7.65. The van der Waals surface area contributed by atoms with E-state index >= 15 is 0 Å². The molecule has 1 N–H and O–H groups in total. The summed E-state index contributed by atoms with van der Waals surface area (Å²) >= 11 is 0. The third kappa shape index (κ3) is 3.90. The number of carbonyl (C=O) groups excluding carboxylic acids is 5. The van der Waals surface area contributed by atoms with Crippen molar-refractivity contribution in [3.8, 4) is 0 Å². The van der Waals surface area contributed by atoms with E-state index < -0.39 is 36.1 Å². The topological polar surface area (TPSA) is 136 Å². The monoisotopic (exact) mass is 464 g/mol. The van der Waals surface area contributed by atoms with Crippen LogP contribution in [0.3, 0.4) is 0 Å². The number of nitrogens with zero attached hydrogens (tertiary/aromatic N) is 1. The highest BCUT2D eigenvalue weighted by molar-refractivity contribution is 6.21. The molecule has 0 fully saturated rings. The normalized spacial score (nSPS) is 12.6.